The van der Waals surface area contributed by atoms with Gasteiger partial charge in [-0.05, 0) is 72.6 Å². The van der Waals surface area contributed by atoms with Crippen LogP contribution in [0.4, 0.5) is 0 Å². The van der Waals surface area contributed by atoms with E-state index in [1.165, 1.54) is 0 Å². The molecule has 1 N–H and O–H groups in total. The average molecular weight is 577 g/mol. The van der Waals surface area contributed by atoms with Crippen molar-refractivity contribution >= 4 is 53.8 Å². The van der Waals surface area contributed by atoms with Crippen molar-refractivity contribution in [2.75, 3.05) is 0 Å². The van der Waals surface area contributed by atoms with Gasteiger partial charge in [0.05, 0.1) is 21.8 Å². The summed E-state index contributed by atoms with van der Waals surface area (Å²) in [5.41, 5.74) is 4.29. The first kappa shape index (κ1) is 23.3. The summed E-state index contributed by atoms with van der Waals surface area (Å²) >= 11 is 6.93. The van der Waals surface area contributed by atoms with Gasteiger partial charge in [-0.1, -0.05) is 51.4 Å². The Balaban J connectivity index is 1.81. The first-order valence-electron chi connectivity index (χ1n) is 10.2. The number of rotatable bonds is 6. The Morgan fingerprint density at radius 3 is 2.59 bits per heavy atom. The number of benzene rings is 2. The van der Waals surface area contributed by atoms with Crippen molar-refractivity contribution in [1.29, 1.82) is 0 Å². The molecule has 5 nitrogen and oxygen atoms in total. The minimum absolute atomic E-state index is 0.241. The van der Waals surface area contributed by atoms with Gasteiger partial charge in [0.25, 0.3) is 0 Å². The van der Waals surface area contributed by atoms with Gasteiger partial charge in [-0.3, -0.25) is 0 Å². The van der Waals surface area contributed by atoms with E-state index < -0.39 is 15.7 Å². The molecule has 166 valence electrons. The van der Waals surface area contributed by atoms with Gasteiger partial charge < -0.3 is 4.52 Å². The van der Waals surface area contributed by atoms with Gasteiger partial charge in [-0.2, -0.15) is 0 Å². The Morgan fingerprint density at radius 1 is 1.06 bits per heavy atom. The van der Waals surface area contributed by atoms with Crippen molar-refractivity contribution in [2.24, 2.45) is 0 Å². The summed E-state index contributed by atoms with van der Waals surface area (Å²) < 4.78 is 23.3. The number of hydrogen-bond acceptors (Lipinski definition) is 4. The SMILES string of the molecule is CC(C)(C)[S@](=O)N[C@@H](Cc1cccc(Br)n1)c1ccccc1-c1noc2cc(Br)ccc12. The lowest BCUT2D eigenvalue weighted by molar-refractivity contribution is 0.459. The second kappa shape index (κ2) is 9.55. The molecule has 2 aromatic carbocycles. The van der Waals surface area contributed by atoms with Gasteiger partial charge in [-0.25, -0.2) is 13.9 Å². The molecule has 0 spiro atoms. The van der Waals surface area contributed by atoms with E-state index >= 15 is 0 Å². The molecule has 0 aliphatic heterocycles. The number of fused-ring (bicyclic) bond motifs is 1. The van der Waals surface area contributed by atoms with E-state index in [-0.39, 0.29) is 6.04 Å². The highest BCUT2D eigenvalue weighted by Crippen LogP contribution is 2.35. The van der Waals surface area contributed by atoms with Crippen LogP contribution in [-0.4, -0.2) is 19.1 Å². The maximum atomic E-state index is 13.1. The predicted molar refractivity (Wildman–Crippen MR) is 137 cm³/mol. The van der Waals surface area contributed by atoms with Gasteiger partial charge in [0.15, 0.2) is 5.58 Å². The number of hydrogen-bond donors (Lipinski definition) is 1. The lowest BCUT2D eigenvalue weighted by Gasteiger charge is -2.26. The summed E-state index contributed by atoms with van der Waals surface area (Å²) in [5, 5.41) is 5.30. The minimum atomic E-state index is -1.27. The number of aromatic nitrogens is 2. The highest BCUT2D eigenvalue weighted by Gasteiger charge is 2.27. The molecule has 0 aliphatic rings. The van der Waals surface area contributed by atoms with Gasteiger partial charge in [0.1, 0.15) is 10.3 Å². The zero-order valence-electron chi connectivity index (χ0n) is 17.9. The van der Waals surface area contributed by atoms with E-state index in [0.29, 0.717) is 12.0 Å². The highest BCUT2D eigenvalue weighted by atomic mass is 79.9. The van der Waals surface area contributed by atoms with Crippen LogP contribution in [0.25, 0.3) is 22.2 Å². The zero-order valence-corrected chi connectivity index (χ0v) is 21.9. The highest BCUT2D eigenvalue weighted by molar-refractivity contribution is 9.10. The first-order chi connectivity index (χ1) is 15.2. The van der Waals surface area contributed by atoms with E-state index in [9.17, 15) is 4.21 Å². The molecule has 8 heteroatoms. The van der Waals surface area contributed by atoms with Crippen molar-refractivity contribution in [3.8, 4) is 11.3 Å². The van der Waals surface area contributed by atoms with Crippen molar-refractivity contribution < 1.29 is 8.73 Å². The maximum absolute atomic E-state index is 13.1. The molecule has 2 atom stereocenters. The Bertz CT molecular complexity index is 1280. The first-order valence-corrected chi connectivity index (χ1v) is 12.9. The number of halogens is 2. The fourth-order valence-electron chi connectivity index (χ4n) is 3.42. The van der Waals surface area contributed by atoms with Gasteiger partial charge >= 0.3 is 0 Å². The third-order valence-electron chi connectivity index (χ3n) is 5.02. The molecule has 4 aromatic rings. The molecule has 0 amide bonds. The molecule has 4 rings (SSSR count). The smallest absolute Gasteiger partial charge is 0.168 e. The summed E-state index contributed by atoms with van der Waals surface area (Å²) in [6.07, 6.45) is 0.569. The number of nitrogens with zero attached hydrogens (tertiary/aromatic N) is 2. The molecule has 0 bridgehead atoms. The molecule has 0 aliphatic carbocycles. The number of pyridine rings is 1. The van der Waals surface area contributed by atoms with Crippen LogP contribution >= 0.6 is 31.9 Å². The van der Waals surface area contributed by atoms with E-state index in [1.807, 2.05) is 81.4 Å². The Morgan fingerprint density at radius 2 is 1.84 bits per heavy atom. The molecule has 0 radical (unpaired) electrons. The van der Waals surface area contributed by atoms with Gasteiger partial charge in [-0.15, -0.1) is 0 Å². The van der Waals surface area contributed by atoms with Gasteiger partial charge in [0, 0.05) is 27.5 Å². The van der Waals surface area contributed by atoms with Crippen LogP contribution in [0.5, 0.6) is 0 Å². The van der Waals surface area contributed by atoms with Crippen LogP contribution < -0.4 is 4.72 Å². The molecule has 32 heavy (non-hydrogen) atoms. The summed E-state index contributed by atoms with van der Waals surface area (Å²) in [4.78, 5) is 4.60. The molecule has 0 saturated heterocycles. The quantitative estimate of drug-likeness (QED) is 0.258. The second-order valence-corrected chi connectivity index (χ2v) is 12.2. The van der Waals surface area contributed by atoms with E-state index in [0.717, 1.165) is 37.0 Å². The van der Waals surface area contributed by atoms with Crippen LogP contribution in [0.1, 0.15) is 38.1 Å². The van der Waals surface area contributed by atoms with Crippen molar-refractivity contribution in [1.82, 2.24) is 14.9 Å². The van der Waals surface area contributed by atoms with Crippen LogP contribution in [-0.2, 0) is 17.4 Å². The Hall–Kier alpha value is -1.87. The predicted octanol–water partition coefficient (Wildman–Crippen LogP) is 6.75. The van der Waals surface area contributed by atoms with Crippen LogP contribution in [0.15, 0.2) is 74.3 Å². The summed E-state index contributed by atoms with van der Waals surface area (Å²) in [7, 11) is -1.27. The maximum Gasteiger partial charge on any atom is 0.168 e. The monoisotopic (exact) mass is 575 g/mol. The molecular formula is C24H23Br2N3O2S. The van der Waals surface area contributed by atoms with E-state index in [1.54, 1.807) is 0 Å². The van der Waals surface area contributed by atoms with Crippen LogP contribution in [0.3, 0.4) is 0 Å². The lowest BCUT2D eigenvalue weighted by atomic mass is 9.94. The van der Waals surface area contributed by atoms with Crippen molar-refractivity contribution in [2.45, 2.75) is 38.0 Å². The fraction of sp³-hybridized carbons (Fsp3) is 0.250. The van der Waals surface area contributed by atoms with Gasteiger partial charge in [0.2, 0.25) is 0 Å². The average Bonchev–Trinajstić information content (AvgIpc) is 3.15. The standard InChI is InChI=1S/C24H23Br2N3O2S/c1-24(2,3)32(30)29-20(14-16-7-6-10-22(26)27-16)17-8-4-5-9-18(17)23-19-12-11-15(25)13-21(19)31-28-23/h4-13,20,29H,14H2,1-3H3/t20-,32-/m0/s1. The molecule has 2 aromatic heterocycles. The normalized spacial score (nSPS) is 13.9. The van der Waals surface area contributed by atoms with E-state index in [4.69, 9.17) is 4.52 Å². The molecule has 0 saturated carbocycles. The van der Waals surface area contributed by atoms with Crippen LogP contribution in [0.2, 0.25) is 0 Å². The topological polar surface area (TPSA) is 68.0 Å². The largest absolute Gasteiger partial charge is 0.356 e. The summed E-state index contributed by atoms with van der Waals surface area (Å²) in [6, 6.07) is 19.5. The lowest BCUT2D eigenvalue weighted by Crippen LogP contribution is -2.36. The molecular weight excluding hydrogens is 554 g/mol. The minimum Gasteiger partial charge on any atom is -0.356 e. The van der Waals surface area contributed by atoms with Crippen molar-refractivity contribution in [3.05, 3.63) is 81.0 Å². The van der Waals surface area contributed by atoms with Crippen molar-refractivity contribution in [3.63, 3.8) is 0 Å². The summed E-state index contributed by atoms with van der Waals surface area (Å²) in [5.74, 6) is 0. The Labute approximate surface area is 206 Å². The summed E-state index contributed by atoms with van der Waals surface area (Å²) in [6.45, 7) is 5.87. The van der Waals surface area contributed by atoms with E-state index in [2.05, 4.69) is 46.7 Å². The third-order valence-corrected chi connectivity index (χ3v) is 7.56. The molecule has 2 heterocycles. The number of nitrogens with one attached hydrogen (secondary N) is 1. The van der Waals surface area contributed by atoms with Crippen LogP contribution in [0, 0.1) is 0 Å². The molecule has 0 fully saturated rings. The fourth-order valence-corrected chi connectivity index (χ4v) is 4.96. The zero-order chi connectivity index (χ0) is 22.9. The Kier molecular flexibility index (Phi) is 6.95. The third kappa shape index (κ3) is 5.20. The second-order valence-electron chi connectivity index (χ2n) is 8.47. The molecule has 0 unspecified atom stereocenters.